The van der Waals surface area contributed by atoms with Gasteiger partial charge in [0.25, 0.3) is 0 Å². The number of urea groups is 1. The number of nitrogens with zero attached hydrogens (tertiary/aromatic N) is 2. The Hall–Kier alpha value is -1.30. The van der Waals surface area contributed by atoms with Crippen molar-refractivity contribution >= 4 is 12.0 Å². The number of carbonyl (C=O) groups excluding carboxylic acids is 1. The Labute approximate surface area is 119 Å². The van der Waals surface area contributed by atoms with Gasteiger partial charge in [-0.05, 0) is 33.1 Å². The number of likely N-dealkylation sites (tertiary alicyclic amines) is 1. The number of aliphatic carboxylic acids is 1. The predicted molar refractivity (Wildman–Crippen MR) is 73.6 cm³/mol. The molecule has 3 atom stereocenters. The number of carboxylic acid groups (broad SMARTS) is 1. The second kappa shape index (κ2) is 6.43. The second-order valence-electron chi connectivity index (χ2n) is 5.86. The molecular weight excluding hydrogens is 260 g/mol. The summed E-state index contributed by atoms with van der Waals surface area (Å²) in [5.74, 6) is -0.885. The van der Waals surface area contributed by atoms with Crippen molar-refractivity contribution in [1.29, 1.82) is 0 Å². The lowest BCUT2D eigenvalue weighted by atomic mass is 9.98. The van der Waals surface area contributed by atoms with Crippen LogP contribution in [0, 0.1) is 0 Å². The van der Waals surface area contributed by atoms with E-state index in [2.05, 4.69) is 13.8 Å². The van der Waals surface area contributed by atoms with Gasteiger partial charge in [0.1, 0.15) is 0 Å². The Morgan fingerprint density at radius 3 is 2.50 bits per heavy atom. The van der Waals surface area contributed by atoms with Crippen molar-refractivity contribution in [2.45, 2.75) is 57.7 Å². The number of carbonyl (C=O) groups is 2. The molecule has 2 aliphatic rings. The molecule has 0 aliphatic carbocycles. The molecule has 1 N–H and O–H groups in total. The van der Waals surface area contributed by atoms with Crippen molar-refractivity contribution in [3.63, 3.8) is 0 Å². The molecule has 0 bridgehead atoms. The number of morpholine rings is 1. The first kappa shape index (κ1) is 15.1. The van der Waals surface area contributed by atoms with Crippen molar-refractivity contribution in [1.82, 2.24) is 9.80 Å². The fourth-order valence-corrected chi connectivity index (χ4v) is 3.17. The molecule has 2 rings (SSSR count). The molecule has 2 heterocycles. The molecule has 0 aromatic rings. The minimum atomic E-state index is -0.885. The van der Waals surface area contributed by atoms with Gasteiger partial charge in [-0.1, -0.05) is 0 Å². The molecule has 2 aliphatic heterocycles. The maximum atomic E-state index is 12.7. The zero-order valence-electron chi connectivity index (χ0n) is 12.2. The third-order valence-electron chi connectivity index (χ3n) is 4.23. The fraction of sp³-hybridized carbons (Fsp3) is 0.857. The van der Waals surface area contributed by atoms with Gasteiger partial charge < -0.3 is 19.6 Å². The third-order valence-corrected chi connectivity index (χ3v) is 4.23. The fourth-order valence-electron chi connectivity index (χ4n) is 3.17. The standard InChI is InChI=1S/C14H24N2O4/c1-10-4-3-5-11(2)16(10)14(19)15-6-7-20-12(9-15)8-13(17)18/h10-12H,3-9H2,1-2H3,(H,17,18). The molecule has 6 nitrogen and oxygen atoms in total. The highest BCUT2D eigenvalue weighted by atomic mass is 16.5. The molecule has 0 aromatic heterocycles. The molecule has 0 aromatic carbocycles. The van der Waals surface area contributed by atoms with Gasteiger partial charge >= 0.3 is 12.0 Å². The predicted octanol–water partition coefficient (Wildman–Crippen LogP) is 1.54. The van der Waals surface area contributed by atoms with E-state index < -0.39 is 5.97 Å². The number of hydrogen-bond acceptors (Lipinski definition) is 3. The zero-order valence-corrected chi connectivity index (χ0v) is 12.2. The van der Waals surface area contributed by atoms with Crippen LogP contribution in [0.15, 0.2) is 0 Å². The lowest BCUT2D eigenvalue weighted by molar-refractivity contribution is -0.141. The summed E-state index contributed by atoms with van der Waals surface area (Å²) in [6, 6.07) is 0.544. The van der Waals surface area contributed by atoms with Crippen LogP contribution in [0.25, 0.3) is 0 Å². The zero-order chi connectivity index (χ0) is 14.7. The number of rotatable bonds is 2. The molecular formula is C14H24N2O4. The number of hydrogen-bond donors (Lipinski definition) is 1. The lowest BCUT2D eigenvalue weighted by Gasteiger charge is -2.43. The number of carboxylic acids is 1. The van der Waals surface area contributed by atoms with Crippen LogP contribution in [0.2, 0.25) is 0 Å². The first-order chi connectivity index (χ1) is 9.49. The minimum Gasteiger partial charge on any atom is -0.481 e. The van der Waals surface area contributed by atoms with Crippen molar-refractivity contribution < 1.29 is 19.4 Å². The van der Waals surface area contributed by atoms with Crippen LogP contribution in [0.3, 0.4) is 0 Å². The van der Waals surface area contributed by atoms with Crippen LogP contribution in [0.4, 0.5) is 4.79 Å². The minimum absolute atomic E-state index is 0.0309. The third kappa shape index (κ3) is 3.42. The van der Waals surface area contributed by atoms with E-state index in [0.29, 0.717) is 19.7 Å². The van der Waals surface area contributed by atoms with Crippen LogP contribution in [-0.2, 0) is 9.53 Å². The number of piperidine rings is 1. The van der Waals surface area contributed by atoms with E-state index in [-0.39, 0.29) is 30.6 Å². The van der Waals surface area contributed by atoms with Gasteiger partial charge in [0, 0.05) is 25.2 Å². The Kier molecular flexibility index (Phi) is 4.86. The largest absolute Gasteiger partial charge is 0.481 e. The van der Waals surface area contributed by atoms with E-state index in [4.69, 9.17) is 9.84 Å². The number of ether oxygens (including phenoxy) is 1. The van der Waals surface area contributed by atoms with E-state index in [1.807, 2.05) is 4.90 Å². The average molecular weight is 284 g/mol. The molecule has 2 fully saturated rings. The molecule has 0 spiro atoms. The molecule has 0 saturated carbocycles. The van der Waals surface area contributed by atoms with Gasteiger partial charge in [0.15, 0.2) is 0 Å². The first-order valence-electron chi connectivity index (χ1n) is 7.39. The molecule has 0 radical (unpaired) electrons. The molecule has 2 saturated heterocycles. The summed E-state index contributed by atoms with van der Waals surface area (Å²) in [4.78, 5) is 27.1. The summed E-state index contributed by atoms with van der Waals surface area (Å²) >= 11 is 0. The smallest absolute Gasteiger partial charge is 0.320 e. The second-order valence-corrected chi connectivity index (χ2v) is 5.86. The van der Waals surface area contributed by atoms with Gasteiger partial charge in [-0.25, -0.2) is 4.79 Å². The molecule has 6 heteroatoms. The summed E-state index contributed by atoms with van der Waals surface area (Å²) in [5, 5.41) is 8.83. The van der Waals surface area contributed by atoms with E-state index in [1.54, 1.807) is 4.90 Å². The number of amides is 2. The maximum absolute atomic E-state index is 12.7. The van der Waals surface area contributed by atoms with Crippen LogP contribution in [0.5, 0.6) is 0 Å². The molecule has 20 heavy (non-hydrogen) atoms. The highest BCUT2D eigenvalue weighted by Gasteiger charge is 2.34. The van der Waals surface area contributed by atoms with Gasteiger partial charge in [-0.3, -0.25) is 4.79 Å². The van der Waals surface area contributed by atoms with Crippen molar-refractivity contribution in [2.24, 2.45) is 0 Å². The average Bonchev–Trinajstić information content (AvgIpc) is 2.38. The van der Waals surface area contributed by atoms with Crippen LogP contribution < -0.4 is 0 Å². The maximum Gasteiger partial charge on any atom is 0.320 e. The van der Waals surface area contributed by atoms with Gasteiger partial charge in [0.2, 0.25) is 0 Å². The Morgan fingerprint density at radius 2 is 1.90 bits per heavy atom. The summed E-state index contributed by atoms with van der Waals surface area (Å²) in [6.07, 6.45) is 2.81. The van der Waals surface area contributed by atoms with Crippen LogP contribution >= 0.6 is 0 Å². The topological polar surface area (TPSA) is 70.1 Å². The van der Waals surface area contributed by atoms with Crippen molar-refractivity contribution in [3.8, 4) is 0 Å². The summed E-state index contributed by atoms with van der Waals surface area (Å²) in [7, 11) is 0. The highest BCUT2D eigenvalue weighted by Crippen LogP contribution is 2.24. The van der Waals surface area contributed by atoms with E-state index in [1.165, 1.54) is 0 Å². The van der Waals surface area contributed by atoms with Gasteiger partial charge in [-0.2, -0.15) is 0 Å². The SMILES string of the molecule is CC1CCCC(C)N1C(=O)N1CCOC(CC(=O)O)C1. The Balaban J connectivity index is 1.98. The monoisotopic (exact) mass is 284 g/mol. The van der Waals surface area contributed by atoms with Crippen LogP contribution in [-0.4, -0.2) is 64.8 Å². The highest BCUT2D eigenvalue weighted by molar-refractivity contribution is 5.75. The van der Waals surface area contributed by atoms with E-state index >= 15 is 0 Å². The van der Waals surface area contributed by atoms with E-state index in [9.17, 15) is 9.59 Å². The quantitative estimate of drug-likeness (QED) is 0.835. The van der Waals surface area contributed by atoms with Crippen molar-refractivity contribution in [3.05, 3.63) is 0 Å². The van der Waals surface area contributed by atoms with Crippen LogP contribution in [0.1, 0.15) is 39.5 Å². The molecule has 114 valence electrons. The molecule has 2 amide bonds. The van der Waals surface area contributed by atoms with Gasteiger partial charge in [0.05, 0.1) is 19.1 Å². The first-order valence-corrected chi connectivity index (χ1v) is 7.39. The lowest BCUT2D eigenvalue weighted by Crippen LogP contribution is -2.56. The normalized spacial score (nSPS) is 31.2. The van der Waals surface area contributed by atoms with E-state index in [0.717, 1.165) is 19.3 Å². The molecule has 3 unspecified atom stereocenters. The summed E-state index contributed by atoms with van der Waals surface area (Å²) in [5.41, 5.74) is 0. The Bertz CT molecular complexity index is 364. The van der Waals surface area contributed by atoms with Crippen molar-refractivity contribution in [2.75, 3.05) is 19.7 Å². The summed E-state index contributed by atoms with van der Waals surface area (Å²) < 4.78 is 5.42. The van der Waals surface area contributed by atoms with Gasteiger partial charge in [-0.15, -0.1) is 0 Å². The Morgan fingerprint density at radius 1 is 1.25 bits per heavy atom. The summed E-state index contributed by atoms with van der Waals surface area (Å²) in [6.45, 7) is 5.51.